The van der Waals surface area contributed by atoms with Crippen molar-refractivity contribution < 1.29 is 12.8 Å². The van der Waals surface area contributed by atoms with E-state index in [4.69, 9.17) is 4.43 Å². The normalized spacial score (nSPS) is 17.3. The average Bonchev–Trinajstić information content (AvgIpc) is 3.12. The Balaban J connectivity index is 1.91. The van der Waals surface area contributed by atoms with Crippen LogP contribution < -0.4 is 10.4 Å². The van der Waals surface area contributed by atoms with Crippen LogP contribution in [0.25, 0.3) is 0 Å². The van der Waals surface area contributed by atoms with E-state index < -0.39 is 18.3 Å². The molecule has 218 valence electrons. The molecule has 6 heteroatoms. The summed E-state index contributed by atoms with van der Waals surface area (Å²) in [6.07, 6.45) is 2.31. The van der Waals surface area contributed by atoms with Gasteiger partial charge in [0.2, 0.25) is 10.0 Å². The van der Waals surface area contributed by atoms with Gasteiger partial charge in [0.05, 0.1) is 10.7 Å². The predicted octanol–water partition coefficient (Wildman–Crippen LogP) is 7.21. The first-order valence-electron chi connectivity index (χ1n) is 14.6. The lowest BCUT2D eigenvalue weighted by Crippen LogP contribution is -2.66. The van der Waals surface area contributed by atoms with Crippen molar-refractivity contribution in [3.05, 3.63) is 114 Å². The zero-order chi connectivity index (χ0) is 29.8. The second kappa shape index (κ2) is 12.5. The zero-order valence-electron chi connectivity index (χ0n) is 25.5. The topological polar surface area (TPSA) is 46.6 Å². The number of allylic oxidation sites excluding steroid dienone is 1. The number of benzene rings is 3. The van der Waals surface area contributed by atoms with Gasteiger partial charge >= 0.3 is 8.32 Å². The van der Waals surface area contributed by atoms with Crippen molar-refractivity contribution in [3.8, 4) is 0 Å². The van der Waals surface area contributed by atoms with Crippen LogP contribution in [0.15, 0.2) is 113 Å². The fourth-order valence-corrected chi connectivity index (χ4v) is 11.9. The van der Waals surface area contributed by atoms with E-state index in [-0.39, 0.29) is 11.0 Å². The van der Waals surface area contributed by atoms with Crippen LogP contribution in [0.2, 0.25) is 5.04 Å². The molecule has 0 unspecified atom stereocenters. The molecule has 0 aromatic heterocycles. The summed E-state index contributed by atoms with van der Waals surface area (Å²) < 4.78 is 37.2. The summed E-state index contributed by atoms with van der Waals surface area (Å²) in [5.41, 5.74) is 3.07. The van der Waals surface area contributed by atoms with Gasteiger partial charge in [-0.3, -0.25) is 0 Å². The van der Waals surface area contributed by atoms with Gasteiger partial charge in [0, 0.05) is 25.4 Å². The van der Waals surface area contributed by atoms with Crippen LogP contribution >= 0.6 is 0 Å². The van der Waals surface area contributed by atoms with Crippen molar-refractivity contribution in [2.75, 3.05) is 13.1 Å². The number of rotatable bonds is 9. The second-order valence-electron chi connectivity index (χ2n) is 12.4. The minimum Gasteiger partial charge on any atom is -0.537 e. The van der Waals surface area contributed by atoms with Gasteiger partial charge in [-0.15, -0.1) is 0 Å². The van der Waals surface area contributed by atoms with Gasteiger partial charge < -0.3 is 4.43 Å². The van der Waals surface area contributed by atoms with Crippen molar-refractivity contribution in [1.82, 2.24) is 4.31 Å². The summed E-state index contributed by atoms with van der Waals surface area (Å²) in [5.74, 6) is 0.883. The summed E-state index contributed by atoms with van der Waals surface area (Å²) in [7, 11) is -6.59. The largest absolute Gasteiger partial charge is 0.537 e. The Morgan fingerprint density at radius 3 is 1.95 bits per heavy atom. The highest BCUT2D eigenvalue weighted by molar-refractivity contribution is 7.89. The van der Waals surface area contributed by atoms with Gasteiger partial charge in [0.25, 0.3) is 0 Å². The summed E-state index contributed by atoms with van der Waals surface area (Å²) >= 11 is 0. The quantitative estimate of drug-likeness (QED) is 0.196. The SMILES string of the molecule is C=C(C)[C@@H]1CC(O[Si](c2ccccc2)(c2ccccc2)C(C)(C)C)=C(CCC)CN(S(=O)(=O)c2ccc(C)cc2)C1. The fraction of sp³-hybridized carbons (Fsp3) is 0.371. The molecule has 4 rings (SSSR count). The highest BCUT2D eigenvalue weighted by Crippen LogP contribution is 2.41. The lowest BCUT2D eigenvalue weighted by atomic mass is 9.96. The molecule has 0 bridgehead atoms. The Morgan fingerprint density at radius 1 is 0.951 bits per heavy atom. The molecule has 1 heterocycles. The molecule has 3 aromatic carbocycles. The highest BCUT2D eigenvalue weighted by Gasteiger charge is 2.53. The maximum absolute atomic E-state index is 14.0. The van der Waals surface area contributed by atoms with Crippen molar-refractivity contribution in [2.24, 2.45) is 5.92 Å². The lowest BCUT2D eigenvalue weighted by Gasteiger charge is -2.44. The average molecular weight is 588 g/mol. The first kappa shape index (κ1) is 31.0. The van der Waals surface area contributed by atoms with Gasteiger partial charge in [-0.2, -0.15) is 4.31 Å². The molecule has 0 aliphatic carbocycles. The molecule has 0 radical (unpaired) electrons. The van der Waals surface area contributed by atoms with Gasteiger partial charge in [0.15, 0.2) is 0 Å². The summed E-state index contributed by atoms with van der Waals surface area (Å²) in [6.45, 7) is 18.0. The zero-order valence-corrected chi connectivity index (χ0v) is 27.3. The Bertz CT molecular complexity index is 1430. The molecular weight excluding hydrogens is 543 g/mol. The van der Waals surface area contributed by atoms with Crippen molar-refractivity contribution in [3.63, 3.8) is 0 Å². The molecule has 0 spiro atoms. The predicted molar refractivity (Wildman–Crippen MR) is 173 cm³/mol. The lowest BCUT2D eigenvalue weighted by molar-refractivity contribution is 0.348. The van der Waals surface area contributed by atoms with E-state index in [1.807, 2.05) is 26.0 Å². The molecule has 3 aromatic rings. The smallest absolute Gasteiger partial charge is 0.319 e. The molecule has 0 N–H and O–H groups in total. The van der Waals surface area contributed by atoms with Crippen LogP contribution in [0.4, 0.5) is 0 Å². The van der Waals surface area contributed by atoms with Crippen molar-refractivity contribution in [1.29, 1.82) is 0 Å². The van der Waals surface area contributed by atoms with Crippen LogP contribution in [0.1, 0.15) is 59.4 Å². The monoisotopic (exact) mass is 587 g/mol. The summed E-state index contributed by atoms with van der Waals surface area (Å²) in [5, 5.41) is 2.23. The fourth-order valence-electron chi connectivity index (χ4n) is 5.88. The minimum absolute atomic E-state index is 0.0576. The van der Waals surface area contributed by atoms with Crippen LogP contribution in [0.3, 0.4) is 0 Å². The van der Waals surface area contributed by atoms with Crippen molar-refractivity contribution >= 4 is 28.7 Å². The maximum Gasteiger partial charge on any atom is 0.319 e. The second-order valence-corrected chi connectivity index (χ2v) is 18.6. The minimum atomic E-state index is -3.71. The van der Waals surface area contributed by atoms with E-state index >= 15 is 0 Å². The molecule has 1 aliphatic heterocycles. The Hall–Kier alpha value is -2.93. The molecule has 1 atom stereocenters. The number of hydrogen-bond donors (Lipinski definition) is 0. The summed E-state index contributed by atoms with van der Waals surface area (Å²) in [4.78, 5) is 0.329. The van der Waals surface area contributed by atoms with E-state index in [1.54, 1.807) is 16.4 Å². The molecular formula is C35H45NO3SSi. The van der Waals surface area contributed by atoms with E-state index in [9.17, 15) is 8.42 Å². The highest BCUT2D eigenvalue weighted by atomic mass is 32.2. The number of hydrogen-bond acceptors (Lipinski definition) is 3. The Labute approximate surface area is 249 Å². The van der Waals surface area contributed by atoms with Gasteiger partial charge in [-0.05, 0) is 53.4 Å². The Morgan fingerprint density at radius 2 is 1.49 bits per heavy atom. The summed E-state index contributed by atoms with van der Waals surface area (Å²) in [6, 6.07) is 28.4. The van der Waals surface area contributed by atoms with Gasteiger partial charge in [-0.1, -0.05) is 125 Å². The third-order valence-electron chi connectivity index (χ3n) is 8.22. The van der Waals surface area contributed by atoms with Crippen molar-refractivity contribution in [2.45, 2.75) is 70.7 Å². The first-order chi connectivity index (χ1) is 19.4. The molecule has 0 fully saturated rings. The number of nitrogens with zero attached hydrogens (tertiary/aromatic N) is 1. The number of sulfonamides is 1. The van der Waals surface area contributed by atoms with Crippen LogP contribution in [0, 0.1) is 12.8 Å². The van der Waals surface area contributed by atoms with Crippen LogP contribution in [0.5, 0.6) is 0 Å². The molecule has 4 nitrogen and oxygen atoms in total. The van der Waals surface area contributed by atoms with Gasteiger partial charge in [0.1, 0.15) is 0 Å². The van der Waals surface area contributed by atoms with Gasteiger partial charge in [-0.25, -0.2) is 8.42 Å². The molecule has 1 aliphatic rings. The molecule has 41 heavy (non-hydrogen) atoms. The van der Waals surface area contributed by atoms with E-state index in [2.05, 4.69) is 94.9 Å². The molecule has 0 amide bonds. The van der Waals surface area contributed by atoms with E-state index in [0.717, 1.165) is 35.3 Å². The standard InChI is InChI=1S/C35H45NO3SSi/c1-8-15-29-25-36(40(37,38)31-22-20-28(4)21-23-31)26-30(27(2)3)24-34(29)39-41(35(5,6)7,32-16-11-9-12-17-32)33-18-13-10-14-19-33/h9-14,16-23,30H,2,8,15,24-26H2,1,3-7H3/t30-/m1/s1. The van der Waals surface area contributed by atoms with E-state index in [0.29, 0.717) is 24.4 Å². The van der Waals surface area contributed by atoms with Crippen LogP contribution in [-0.2, 0) is 14.4 Å². The Kier molecular flexibility index (Phi) is 9.47. The van der Waals surface area contributed by atoms with E-state index in [1.165, 1.54) is 10.4 Å². The number of aryl methyl sites for hydroxylation is 1. The third kappa shape index (κ3) is 6.45. The third-order valence-corrected chi connectivity index (χ3v) is 15.0. The first-order valence-corrected chi connectivity index (χ1v) is 18.0. The molecule has 0 saturated carbocycles. The molecule has 0 saturated heterocycles. The van der Waals surface area contributed by atoms with Crippen LogP contribution in [-0.4, -0.2) is 34.1 Å². The maximum atomic E-state index is 14.0.